The van der Waals surface area contributed by atoms with Crippen molar-refractivity contribution >= 4 is 0 Å². The Morgan fingerprint density at radius 1 is 1.37 bits per heavy atom. The first-order valence-electron chi connectivity index (χ1n) is 6.49. The van der Waals surface area contributed by atoms with E-state index in [1.54, 1.807) is 0 Å². The maximum Gasteiger partial charge on any atom is 0.227 e. The Morgan fingerprint density at radius 2 is 2.26 bits per heavy atom. The van der Waals surface area contributed by atoms with Gasteiger partial charge in [-0.25, -0.2) is 0 Å². The second kappa shape index (κ2) is 6.89. The zero-order valence-corrected chi connectivity index (χ0v) is 11.3. The fourth-order valence-corrected chi connectivity index (χ4v) is 1.78. The SMILES string of the molecule is CCOc1cccc(CNCCc2nc(C)no2)c1. The van der Waals surface area contributed by atoms with Crippen molar-refractivity contribution in [1.82, 2.24) is 15.5 Å². The Balaban J connectivity index is 1.74. The molecule has 0 atom stereocenters. The number of nitrogens with one attached hydrogen (secondary N) is 1. The van der Waals surface area contributed by atoms with Crippen LogP contribution < -0.4 is 10.1 Å². The molecule has 0 unspecified atom stereocenters. The largest absolute Gasteiger partial charge is 0.494 e. The quantitative estimate of drug-likeness (QED) is 0.773. The van der Waals surface area contributed by atoms with Crippen molar-refractivity contribution in [3.63, 3.8) is 0 Å². The lowest BCUT2D eigenvalue weighted by Gasteiger charge is -2.06. The Bertz CT molecular complexity index is 511. The minimum Gasteiger partial charge on any atom is -0.494 e. The highest BCUT2D eigenvalue weighted by atomic mass is 16.5. The van der Waals surface area contributed by atoms with Crippen molar-refractivity contribution in [3.05, 3.63) is 41.5 Å². The van der Waals surface area contributed by atoms with Gasteiger partial charge in [-0.1, -0.05) is 17.3 Å². The highest BCUT2D eigenvalue weighted by Gasteiger charge is 2.02. The summed E-state index contributed by atoms with van der Waals surface area (Å²) in [6.07, 6.45) is 0.742. The van der Waals surface area contributed by atoms with Crippen molar-refractivity contribution in [1.29, 1.82) is 0 Å². The predicted molar refractivity (Wildman–Crippen MR) is 72.1 cm³/mol. The van der Waals surface area contributed by atoms with E-state index in [0.29, 0.717) is 18.3 Å². The van der Waals surface area contributed by atoms with Gasteiger partial charge in [-0.2, -0.15) is 4.98 Å². The van der Waals surface area contributed by atoms with Crippen LogP contribution in [0.5, 0.6) is 5.75 Å². The van der Waals surface area contributed by atoms with Crippen LogP contribution in [0.25, 0.3) is 0 Å². The molecular formula is C14H19N3O2. The monoisotopic (exact) mass is 261 g/mol. The fourth-order valence-electron chi connectivity index (χ4n) is 1.78. The van der Waals surface area contributed by atoms with E-state index in [-0.39, 0.29) is 0 Å². The maximum absolute atomic E-state index is 5.46. The molecule has 0 fully saturated rings. The van der Waals surface area contributed by atoms with E-state index >= 15 is 0 Å². The summed E-state index contributed by atoms with van der Waals surface area (Å²) >= 11 is 0. The smallest absolute Gasteiger partial charge is 0.227 e. The first kappa shape index (κ1) is 13.5. The zero-order chi connectivity index (χ0) is 13.5. The molecule has 5 heteroatoms. The number of hydrogen-bond donors (Lipinski definition) is 1. The van der Waals surface area contributed by atoms with Crippen molar-refractivity contribution in [2.75, 3.05) is 13.2 Å². The van der Waals surface area contributed by atoms with Crippen LogP contribution >= 0.6 is 0 Å². The molecule has 1 aromatic heterocycles. The van der Waals surface area contributed by atoms with Crippen LogP contribution in [0.1, 0.15) is 24.2 Å². The lowest BCUT2D eigenvalue weighted by molar-refractivity contribution is 0.339. The normalized spacial score (nSPS) is 10.6. The molecule has 0 aliphatic rings. The van der Waals surface area contributed by atoms with E-state index in [9.17, 15) is 0 Å². The van der Waals surface area contributed by atoms with Gasteiger partial charge >= 0.3 is 0 Å². The molecule has 19 heavy (non-hydrogen) atoms. The second-order valence-corrected chi connectivity index (χ2v) is 4.24. The topological polar surface area (TPSA) is 60.2 Å². The summed E-state index contributed by atoms with van der Waals surface area (Å²) in [6, 6.07) is 8.09. The van der Waals surface area contributed by atoms with Gasteiger partial charge in [0.05, 0.1) is 6.61 Å². The minimum atomic E-state index is 0.674. The zero-order valence-electron chi connectivity index (χ0n) is 11.3. The van der Waals surface area contributed by atoms with Gasteiger partial charge in [0.1, 0.15) is 5.75 Å². The van der Waals surface area contributed by atoms with Crippen LogP contribution in [-0.4, -0.2) is 23.3 Å². The van der Waals surface area contributed by atoms with E-state index in [2.05, 4.69) is 21.5 Å². The lowest BCUT2D eigenvalue weighted by Crippen LogP contribution is -2.16. The summed E-state index contributed by atoms with van der Waals surface area (Å²) < 4.78 is 10.5. The first-order chi connectivity index (χ1) is 9.28. The fraction of sp³-hybridized carbons (Fsp3) is 0.429. The molecule has 0 bridgehead atoms. The van der Waals surface area contributed by atoms with Gasteiger partial charge in [-0.05, 0) is 31.5 Å². The molecule has 0 saturated heterocycles. The van der Waals surface area contributed by atoms with Gasteiger partial charge < -0.3 is 14.6 Å². The Kier molecular flexibility index (Phi) is 4.92. The van der Waals surface area contributed by atoms with Crippen LogP contribution in [0, 0.1) is 6.92 Å². The third-order valence-electron chi connectivity index (χ3n) is 2.62. The van der Waals surface area contributed by atoms with E-state index < -0.39 is 0 Å². The van der Waals surface area contributed by atoms with Gasteiger partial charge in [0, 0.05) is 19.5 Å². The van der Waals surface area contributed by atoms with E-state index in [0.717, 1.165) is 25.3 Å². The van der Waals surface area contributed by atoms with Crippen molar-refractivity contribution in [3.8, 4) is 5.75 Å². The van der Waals surface area contributed by atoms with Gasteiger partial charge in [0.15, 0.2) is 5.82 Å². The van der Waals surface area contributed by atoms with Crippen LogP contribution in [0.2, 0.25) is 0 Å². The number of benzene rings is 1. The summed E-state index contributed by atoms with van der Waals surface area (Å²) in [5, 5.41) is 7.10. The minimum absolute atomic E-state index is 0.674. The van der Waals surface area contributed by atoms with Crippen LogP contribution in [0.3, 0.4) is 0 Å². The Labute approximate surface area is 113 Å². The number of ether oxygens (including phenoxy) is 1. The highest BCUT2D eigenvalue weighted by molar-refractivity contribution is 5.28. The lowest BCUT2D eigenvalue weighted by atomic mass is 10.2. The standard InChI is InChI=1S/C14H19N3O2/c1-3-18-13-6-4-5-12(9-13)10-15-8-7-14-16-11(2)17-19-14/h4-6,9,15H,3,7-8,10H2,1-2H3. The number of rotatable bonds is 7. The van der Waals surface area contributed by atoms with Gasteiger partial charge in [-0.15, -0.1) is 0 Å². The van der Waals surface area contributed by atoms with Crippen molar-refractivity contribution in [2.24, 2.45) is 0 Å². The van der Waals surface area contributed by atoms with Crippen LogP contribution in [0.15, 0.2) is 28.8 Å². The number of nitrogens with zero attached hydrogens (tertiary/aromatic N) is 2. The summed E-state index contributed by atoms with van der Waals surface area (Å²) in [5.74, 6) is 2.27. The molecule has 2 aromatic rings. The van der Waals surface area contributed by atoms with Crippen LogP contribution in [0.4, 0.5) is 0 Å². The van der Waals surface area contributed by atoms with Crippen molar-refractivity contribution < 1.29 is 9.26 Å². The van der Waals surface area contributed by atoms with Gasteiger partial charge in [-0.3, -0.25) is 0 Å². The summed E-state index contributed by atoms with van der Waals surface area (Å²) in [7, 11) is 0. The average Bonchev–Trinajstić information content (AvgIpc) is 2.82. The molecule has 1 N–H and O–H groups in total. The number of aryl methyl sites for hydroxylation is 1. The third kappa shape index (κ3) is 4.37. The van der Waals surface area contributed by atoms with Gasteiger partial charge in [0.25, 0.3) is 0 Å². The predicted octanol–water partition coefficient (Wildman–Crippen LogP) is 2.11. The van der Waals surface area contributed by atoms with E-state index in [1.165, 1.54) is 5.56 Å². The second-order valence-electron chi connectivity index (χ2n) is 4.24. The molecule has 0 aliphatic heterocycles. The van der Waals surface area contributed by atoms with Crippen LogP contribution in [-0.2, 0) is 13.0 Å². The molecule has 0 saturated carbocycles. The molecule has 2 rings (SSSR count). The molecule has 1 heterocycles. The number of aromatic nitrogens is 2. The molecule has 102 valence electrons. The molecular weight excluding hydrogens is 242 g/mol. The molecule has 0 radical (unpaired) electrons. The Hall–Kier alpha value is -1.88. The van der Waals surface area contributed by atoms with Gasteiger partial charge in [0.2, 0.25) is 5.89 Å². The Morgan fingerprint density at radius 3 is 3.00 bits per heavy atom. The molecule has 5 nitrogen and oxygen atoms in total. The van der Waals surface area contributed by atoms with E-state index in [4.69, 9.17) is 9.26 Å². The molecule has 1 aromatic carbocycles. The number of hydrogen-bond acceptors (Lipinski definition) is 5. The maximum atomic E-state index is 5.46. The first-order valence-corrected chi connectivity index (χ1v) is 6.49. The summed E-state index contributed by atoms with van der Waals surface area (Å²) in [4.78, 5) is 4.16. The van der Waals surface area contributed by atoms with E-state index in [1.807, 2.05) is 32.0 Å². The highest BCUT2D eigenvalue weighted by Crippen LogP contribution is 2.12. The van der Waals surface area contributed by atoms with Crippen molar-refractivity contribution in [2.45, 2.75) is 26.8 Å². The average molecular weight is 261 g/mol. The molecule has 0 aliphatic carbocycles. The molecule has 0 spiro atoms. The molecule has 0 amide bonds. The summed E-state index contributed by atoms with van der Waals surface area (Å²) in [6.45, 7) is 6.10. The third-order valence-corrected chi connectivity index (χ3v) is 2.62. The summed E-state index contributed by atoms with van der Waals surface area (Å²) in [5.41, 5.74) is 1.20.